The highest BCUT2D eigenvalue weighted by molar-refractivity contribution is 9.10. The van der Waals surface area contributed by atoms with Gasteiger partial charge in [-0.25, -0.2) is 4.39 Å². The van der Waals surface area contributed by atoms with Gasteiger partial charge in [-0.1, -0.05) is 46.3 Å². The maximum atomic E-state index is 13.7. The van der Waals surface area contributed by atoms with Gasteiger partial charge in [-0.15, -0.1) is 0 Å². The summed E-state index contributed by atoms with van der Waals surface area (Å²) < 4.78 is 14.8. The predicted octanol–water partition coefficient (Wildman–Crippen LogP) is 5.19. The van der Waals surface area contributed by atoms with E-state index in [1.54, 1.807) is 12.1 Å². The fourth-order valence-corrected chi connectivity index (χ4v) is 3.28. The quantitative estimate of drug-likeness (QED) is 0.802. The van der Waals surface area contributed by atoms with Gasteiger partial charge in [0.2, 0.25) is 0 Å². The summed E-state index contributed by atoms with van der Waals surface area (Å²) in [5, 5.41) is 3.63. The summed E-state index contributed by atoms with van der Waals surface area (Å²) in [4.78, 5) is 0. The molecule has 3 rings (SSSR count). The Hall–Kier alpha value is -1.19. The van der Waals surface area contributed by atoms with Gasteiger partial charge in [0.15, 0.2) is 0 Å². The Morgan fingerprint density at radius 2 is 1.76 bits per heavy atom. The number of rotatable bonds is 4. The molecular formula is C18H19BrFN. The molecule has 0 amide bonds. The van der Waals surface area contributed by atoms with E-state index in [9.17, 15) is 4.39 Å². The Morgan fingerprint density at radius 1 is 1.10 bits per heavy atom. The fourth-order valence-electron chi connectivity index (χ4n) is 3.02. The van der Waals surface area contributed by atoms with E-state index in [2.05, 4.69) is 52.4 Å². The maximum absolute atomic E-state index is 13.7. The molecular weight excluding hydrogens is 329 g/mol. The molecule has 0 aliphatic heterocycles. The molecule has 0 radical (unpaired) electrons. The zero-order chi connectivity index (χ0) is 14.8. The number of halogens is 2. The van der Waals surface area contributed by atoms with Crippen LogP contribution >= 0.6 is 15.9 Å². The summed E-state index contributed by atoms with van der Waals surface area (Å²) >= 11 is 3.45. The molecule has 21 heavy (non-hydrogen) atoms. The van der Waals surface area contributed by atoms with Gasteiger partial charge in [0, 0.05) is 16.6 Å². The van der Waals surface area contributed by atoms with Crippen LogP contribution in [0, 0.1) is 5.82 Å². The van der Waals surface area contributed by atoms with Gasteiger partial charge in [-0.3, -0.25) is 0 Å². The van der Waals surface area contributed by atoms with Crippen LogP contribution in [0.15, 0.2) is 53.0 Å². The molecule has 1 aliphatic carbocycles. The number of nitrogens with one attached hydrogen (secondary N) is 1. The molecule has 3 heteroatoms. The van der Waals surface area contributed by atoms with Crippen molar-refractivity contribution < 1.29 is 4.39 Å². The largest absolute Gasteiger partial charge is 0.307 e. The molecule has 0 spiro atoms. The fraction of sp³-hybridized carbons (Fsp3) is 0.333. The second kappa shape index (κ2) is 6.29. The molecule has 1 nitrogen and oxygen atoms in total. The molecule has 1 atom stereocenters. The molecule has 110 valence electrons. The Bertz CT molecular complexity index is 605. The molecule has 2 aromatic carbocycles. The smallest absolute Gasteiger partial charge is 0.126 e. The first-order valence-corrected chi connectivity index (χ1v) is 8.18. The van der Waals surface area contributed by atoms with E-state index in [-0.39, 0.29) is 5.82 Å². The molecule has 1 saturated carbocycles. The van der Waals surface area contributed by atoms with Crippen molar-refractivity contribution in [2.45, 2.75) is 37.8 Å². The van der Waals surface area contributed by atoms with Crippen LogP contribution in [-0.2, 0) is 0 Å². The molecule has 0 bridgehead atoms. The molecule has 1 fully saturated rings. The topological polar surface area (TPSA) is 12.0 Å². The minimum absolute atomic E-state index is 0.0677. The van der Waals surface area contributed by atoms with Crippen molar-refractivity contribution in [3.63, 3.8) is 0 Å². The standard InChI is InChI=1S/C18H19BrFN/c1-12(13-6-8-15(19)9-7-13)21-16-10-14(11-16)17-4-2-3-5-18(17)20/h2-9,12,14,16,21H,10-11H2,1H3. The van der Waals surface area contributed by atoms with Crippen LogP contribution in [0.2, 0.25) is 0 Å². The highest BCUT2D eigenvalue weighted by Crippen LogP contribution is 2.38. The highest BCUT2D eigenvalue weighted by Gasteiger charge is 2.32. The van der Waals surface area contributed by atoms with E-state index >= 15 is 0 Å². The average molecular weight is 348 g/mol. The number of hydrogen-bond donors (Lipinski definition) is 1. The van der Waals surface area contributed by atoms with Gasteiger partial charge < -0.3 is 5.32 Å². The van der Waals surface area contributed by atoms with Crippen molar-refractivity contribution in [2.75, 3.05) is 0 Å². The molecule has 2 aromatic rings. The van der Waals surface area contributed by atoms with Crippen LogP contribution in [0.4, 0.5) is 4.39 Å². The third-order valence-electron chi connectivity index (χ3n) is 4.34. The van der Waals surface area contributed by atoms with Crippen molar-refractivity contribution in [3.8, 4) is 0 Å². The summed E-state index contributed by atoms with van der Waals surface area (Å²) in [5.41, 5.74) is 2.15. The first-order chi connectivity index (χ1) is 10.1. The van der Waals surface area contributed by atoms with E-state index in [0.29, 0.717) is 18.0 Å². The van der Waals surface area contributed by atoms with E-state index in [1.807, 2.05) is 12.1 Å². The van der Waals surface area contributed by atoms with Crippen molar-refractivity contribution in [1.29, 1.82) is 0 Å². The lowest BCUT2D eigenvalue weighted by atomic mass is 9.75. The Kier molecular flexibility index (Phi) is 4.41. The molecule has 0 aromatic heterocycles. The summed E-state index contributed by atoms with van der Waals surface area (Å²) in [7, 11) is 0. The van der Waals surface area contributed by atoms with E-state index in [1.165, 1.54) is 5.56 Å². The predicted molar refractivity (Wildman–Crippen MR) is 87.9 cm³/mol. The molecule has 1 unspecified atom stereocenters. The zero-order valence-corrected chi connectivity index (χ0v) is 13.6. The Balaban J connectivity index is 1.55. The summed E-state index contributed by atoms with van der Waals surface area (Å²) in [6, 6.07) is 16.3. The van der Waals surface area contributed by atoms with Crippen LogP contribution in [0.1, 0.15) is 42.9 Å². The number of hydrogen-bond acceptors (Lipinski definition) is 1. The third kappa shape index (κ3) is 3.35. The second-order valence-corrected chi connectivity index (χ2v) is 6.74. The van der Waals surface area contributed by atoms with Crippen molar-refractivity contribution >= 4 is 15.9 Å². The van der Waals surface area contributed by atoms with E-state index in [4.69, 9.17) is 0 Å². The van der Waals surface area contributed by atoms with E-state index < -0.39 is 0 Å². The lowest BCUT2D eigenvalue weighted by Gasteiger charge is -2.38. The Labute approximate surface area is 133 Å². The van der Waals surface area contributed by atoms with Gasteiger partial charge in [-0.05, 0) is 55.0 Å². The lowest BCUT2D eigenvalue weighted by molar-refractivity contribution is 0.266. The van der Waals surface area contributed by atoms with Crippen LogP contribution in [-0.4, -0.2) is 6.04 Å². The minimum Gasteiger partial charge on any atom is -0.307 e. The van der Waals surface area contributed by atoms with Crippen molar-refractivity contribution in [2.24, 2.45) is 0 Å². The summed E-state index contributed by atoms with van der Waals surface area (Å²) in [5.74, 6) is 0.294. The van der Waals surface area contributed by atoms with Gasteiger partial charge in [0.05, 0.1) is 0 Å². The minimum atomic E-state index is -0.0677. The second-order valence-electron chi connectivity index (χ2n) is 5.83. The number of benzene rings is 2. The van der Waals surface area contributed by atoms with Crippen LogP contribution in [0.3, 0.4) is 0 Å². The molecule has 1 N–H and O–H groups in total. The first-order valence-electron chi connectivity index (χ1n) is 7.39. The van der Waals surface area contributed by atoms with Gasteiger partial charge >= 0.3 is 0 Å². The van der Waals surface area contributed by atoms with Crippen molar-refractivity contribution in [3.05, 3.63) is 69.9 Å². The first kappa shape index (κ1) is 14.7. The maximum Gasteiger partial charge on any atom is 0.126 e. The van der Waals surface area contributed by atoms with Crippen LogP contribution < -0.4 is 5.32 Å². The molecule has 0 saturated heterocycles. The normalized spacial score (nSPS) is 22.6. The van der Waals surface area contributed by atoms with Gasteiger partial charge in [-0.2, -0.15) is 0 Å². The Morgan fingerprint density at radius 3 is 2.43 bits per heavy atom. The van der Waals surface area contributed by atoms with Crippen LogP contribution in [0.5, 0.6) is 0 Å². The zero-order valence-electron chi connectivity index (χ0n) is 12.0. The van der Waals surface area contributed by atoms with E-state index in [0.717, 1.165) is 22.9 Å². The van der Waals surface area contributed by atoms with Gasteiger partial charge in [0.25, 0.3) is 0 Å². The SMILES string of the molecule is CC(NC1CC(c2ccccc2F)C1)c1ccc(Br)cc1. The summed E-state index contributed by atoms with van der Waals surface area (Å²) in [6.45, 7) is 2.18. The average Bonchev–Trinajstić information content (AvgIpc) is 2.44. The van der Waals surface area contributed by atoms with Crippen molar-refractivity contribution in [1.82, 2.24) is 5.32 Å². The van der Waals surface area contributed by atoms with Gasteiger partial charge in [0.1, 0.15) is 5.82 Å². The lowest BCUT2D eigenvalue weighted by Crippen LogP contribution is -2.41. The third-order valence-corrected chi connectivity index (χ3v) is 4.87. The molecule has 0 heterocycles. The summed E-state index contributed by atoms with van der Waals surface area (Å²) in [6.07, 6.45) is 2.03. The van der Waals surface area contributed by atoms with Crippen LogP contribution in [0.25, 0.3) is 0 Å². The monoisotopic (exact) mass is 347 g/mol. The molecule has 1 aliphatic rings. The highest BCUT2D eigenvalue weighted by atomic mass is 79.9.